The molecule has 2 aliphatic rings. The summed E-state index contributed by atoms with van der Waals surface area (Å²) in [5, 5.41) is 9.37. The van der Waals surface area contributed by atoms with Crippen molar-refractivity contribution in [1.82, 2.24) is 15.3 Å². The predicted octanol–water partition coefficient (Wildman–Crippen LogP) is 3.20. The molecule has 0 fully saturated rings. The van der Waals surface area contributed by atoms with Crippen LogP contribution in [0.3, 0.4) is 0 Å². The van der Waals surface area contributed by atoms with Gasteiger partial charge in [-0.25, -0.2) is 10.0 Å². The number of aliphatic imine (C=N–C) groups is 1. The lowest BCUT2D eigenvalue weighted by atomic mass is 10.1. The first-order chi connectivity index (χ1) is 11.3. The Bertz CT molecular complexity index is 790. The summed E-state index contributed by atoms with van der Waals surface area (Å²) in [6.45, 7) is 5.99. The number of allylic oxidation sites excluding steroid dienone is 3. The highest BCUT2D eigenvalue weighted by Crippen LogP contribution is 2.29. The molecule has 0 saturated carbocycles. The van der Waals surface area contributed by atoms with Crippen LogP contribution in [0.15, 0.2) is 82.9 Å². The minimum atomic E-state index is 0.645. The molecular weight excluding hydrogens is 286 g/mol. The highest BCUT2D eigenvalue weighted by atomic mass is 15.5. The Morgan fingerprint density at radius 2 is 2.22 bits per heavy atom. The van der Waals surface area contributed by atoms with Crippen LogP contribution in [-0.2, 0) is 0 Å². The third kappa shape index (κ3) is 3.20. The molecule has 5 heteroatoms. The Kier molecular flexibility index (Phi) is 4.32. The molecule has 3 rings (SSSR count). The van der Waals surface area contributed by atoms with Crippen molar-refractivity contribution >= 4 is 17.6 Å². The molecule has 0 aromatic carbocycles. The van der Waals surface area contributed by atoms with Crippen LogP contribution in [-0.4, -0.2) is 21.9 Å². The number of hydrogen-bond donors (Lipinski definition) is 1. The number of hydrogen-bond acceptors (Lipinski definition) is 5. The zero-order chi connectivity index (χ0) is 16.1. The smallest absolute Gasteiger partial charge is 0.199 e. The summed E-state index contributed by atoms with van der Waals surface area (Å²) >= 11 is 0. The van der Waals surface area contributed by atoms with Gasteiger partial charge in [-0.2, -0.15) is 5.10 Å². The third-order valence-electron chi connectivity index (χ3n) is 3.29. The second kappa shape index (κ2) is 6.73. The van der Waals surface area contributed by atoms with E-state index in [4.69, 9.17) is 0 Å². The number of aromatic nitrogens is 1. The molecule has 3 heterocycles. The molecule has 0 unspecified atom stereocenters. The van der Waals surface area contributed by atoms with Gasteiger partial charge in [0.05, 0.1) is 17.1 Å². The zero-order valence-corrected chi connectivity index (χ0v) is 12.9. The molecule has 0 bridgehead atoms. The summed E-state index contributed by atoms with van der Waals surface area (Å²) in [7, 11) is 0. The van der Waals surface area contributed by atoms with Gasteiger partial charge in [-0.1, -0.05) is 18.4 Å². The van der Waals surface area contributed by atoms with E-state index in [-0.39, 0.29) is 0 Å². The summed E-state index contributed by atoms with van der Waals surface area (Å²) in [6.07, 6.45) is 13.7. The molecule has 0 saturated heterocycles. The first-order valence-corrected chi connectivity index (χ1v) is 7.35. The van der Waals surface area contributed by atoms with Gasteiger partial charge in [0, 0.05) is 30.6 Å². The van der Waals surface area contributed by atoms with Gasteiger partial charge in [-0.05, 0) is 37.4 Å². The largest absolute Gasteiger partial charge is 0.361 e. The van der Waals surface area contributed by atoms with Gasteiger partial charge in [0.2, 0.25) is 0 Å². The number of pyridine rings is 1. The maximum atomic E-state index is 4.61. The van der Waals surface area contributed by atoms with E-state index in [1.807, 2.05) is 49.7 Å². The molecule has 0 radical (unpaired) electrons. The van der Waals surface area contributed by atoms with E-state index in [9.17, 15) is 0 Å². The van der Waals surface area contributed by atoms with Crippen molar-refractivity contribution in [1.29, 1.82) is 0 Å². The number of rotatable bonds is 4. The van der Waals surface area contributed by atoms with Crippen LogP contribution < -0.4 is 5.32 Å². The molecule has 0 atom stereocenters. The van der Waals surface area contributed by atoms with Crippen LogP contribution in [0.5, 0.6) is 0 Å². The summed E-state index contributed by atoms with van der Waals surface area (Å²) < 4.78 is 0. The fourth-order valence-corrected chi connectivity index (χ4v) is 2.18. The van der Waals surface area contributed by atoms with Crippen LogP contribution >= 0.6 is 0 Å². The van der Waals surface area contributed by atoms with Crippen LogP contribution in [0.2, 0.25) is 0 Å². The number of nitrogens with one attached hydrogen (secondary N) is 1. The second-order valence-electron chi connectivity index (χ2n) is 4.90. The Hall–Kier alpha value is -3.17. The van der Waals surface area contributed by atoms with Gasteiger partial charge in [-0.15, -0.1) is 0 Å². The van der Waals surface area contributed by atoms with Crippen LogP contribution in [0.1, 0.15) is 18.9 Å². The lowest BCUT2D eigenvalue weighted by molar-refractivity contribution is 0.518. The average Bonchev–Trinajstić information content (AvgIpc) is 2.85. The van der Waals surface area contributed by atoms with E-state index in [0.29, 0.717) is 5.82 Å². The SMILES string of the molecule is C=C(N/C=C\C)C1=NC2=C=CCC=NN2C(c2ccncc2)=C1. The summed E-state index contributed by atoms with van der Waals surface area (Å²) in [6, 6.07) is 3.89. The molecule has 114 valence electrons. The Labute approximate surface area is 135 Å². The van der Waals surface area contributed by atoms with E-state index >= 15 is 0 Å². The van der Waals surface area contributed by atoms with Crippen LogP contribution in [0.4, 0.5) is 0 Å². The van der Waals surface area contributed by atoms with Crippen molar-refractivity contribution in [3.63, 3.8) is 0 Å². The minimum Gasteiger partial charge on any atom is -0.361 e. The lowest BCUT2D eigenvalue weighted by Gasteiger charge is -2.25. The topological polar surface area (TPSA) is 52.9 Å². The highest BCUT2D eigenvalue weighted by molar-refractivity contribution is 6.12. The van der Waals surface area contributed by atoms with Gasteiger partial charge < -0.3 is 5.32 Å². The van der Waals surface area contributed by atoms with E-state index in [0.717, 1.165) is 29.1 Å². The maximum absolute atomic E-state index is 4.61. The minimum absolute atomic E-state index is 0.645. The van der Waals surface area contributed by atoms with E-state index in [1.165, 1.54) is 0 Å². The Morgan fingerprint density at radius 3 is 3.00 bits per heavy atom. The Balaban J connectivity index is 2.07. The van der Waals surface area contributed by atoms with Gasteiger partial charge >= 0.3 is 0 Å². The first kappa shape index (κ1) is 14.8. The van der Waals surface area contributed by atoms with Crippen LogP contribution in [0, 0.1) is 0 Å². The number of hydrazone groups is 1. The fourth-order valence-electron chi connectivity index (χ4n) is 2.18. The van der Waals surface area contributed by atoms with Crippen molar-refractivity contribution in [3.8, 4) is 0 Å². The molecule has 2 aliphatic heterocycles. The van der Waals surface area contributed by atoms with E-state index in [1.54, 1.807) is 17.4 Å². The number of fused-ring (bicyclic) bond motifs is 1. The molecule has 0 amide bonds. The molecule has 23 heavy (non-hydrogen) atoms. The highest BCUT2D eigenvalue weighted by Gasteiger charge is 2.22. The van der Waals surface area contributed by atoms with Crippen molar-refractivity contribution < 1.29 is 0 Å². The van der Waals surface area contributed by atoms with Gasteiger partial charge in [0.1, 0.15) is 0 Å². The zero-order valence-electron chi connectivity index (χ0n) is 12.9. The van der Waals surface area contributed by atoms with Crippen LogP contribution in [0.25, 0.3) is 5.70 Å². The fraction of sp³-hybridized carbons (Fsp3) is 0.111. The van der Waals surface area contributed by atoms with Gasteiger partial charge in [-0.3, -0.25) is 4.98 Å². The molecule has 1 aromatic rings. The van der Waals surface area contributed by atoms with E-state index in [2.05, 4.69) is 32.7 Å². The molecular formula is C18H17N5. The standard InChI is InChI=1S/C18H17N5/c1-3-9-20-14(2)16-13-17(15-7-11-19-12-8-15)23-18(22-16)6-4-5-10-21-23/h3-4,7-13,20H,2,5H2,1H3/b9-3-. The van der Waals surface area contributed by atoms with Crippen molar-refractivity contribution in [3.05, 3.63) is 78.3 Å². The lowest BCUT2D eigenvalue weighted by Crippen LogP contribution is -2.23. The second-order valence-corrected chi connectivity index (χ2v) is 4.90. The molecule has 0 spiro atoms. The maximum Gasteiger partial charge on any atom is 0.199 e. The van der Waals surface area contributed by atoms with Gasteiger partial charge in [0.25, 0.3) is 0 Å². The van der Waals surface area contributed by atoms with Crippen molar-refractivity contribution in [2.75, 3.05) is 0 Å². The van der Waals surface area contributed by atoms with Crippen molar-refractivity contribution in [2.45, 2.75) is 13.3 Å². The van der Waals surface area contributed by atoms with Crippen molar-refractivity contribution in [2.24, 2.45) is 10.1 Å². The van der Waals surface area contributed by atoms with E-state index < -0.39 is 0 Å². The number of nitrogens with zero attached hydrogens (tertiary/aromatic N) is 4. The molecule has 0 aliphatic carbocycles. The predicted molar refractivity (Wildman–Crippen MR) is 93.3 cm³/mol. The monoisotopic (exact) mass is 303 g/mol. The summed E-state index contributed by atoms with van der Waals surface area (Å²) in [5.74, 6) is 0.645. The average molecular weight is 303 g/mol. The first-order valence-electron chi connectivity index (χ1n) is 7.35. The summed E-state index contributed by atoms with van der Waals surface area (Å²) in [5.41, 5.74) is 6.57. The molecule has 1 N–H and O–H groups in total. The third-order valence-corrected chi connectivity index (χ3v) is 3.29. The van der Waals surface area contributed by atoms with Gasteiger partial charge in [0.15, 0.2) is 5.82 Å². The normalized spacial score (nSPS) is 16.4. The Morgan fingerprint density at radius 1 is 1.39 bits per heavy atom. The quantitative estimate of drug-likeness (QED) is 0.869. The summed E-state index contributed by atoms with van der Waals surface area (Å²) in [4.78, 5) is 8.68. The molecule has 5 nitrogen and oxygen atoms in total. The molecule has 1 aromatic heterocycles.